The fraction of sp³-hybridized carbons (Fsp3) is 0.667. The van der Waals surface area contributed by atoms with E-state index in [0.29, 0.717) is 11.3 Å². The van der Waals surface area contributed by atoms with Crippen LogP contribution in [0.1, 0.15) is 51.7 Å². The second-order valence-electron chi connectivity index (χ2n) is 7.10. The van der Waals surface area contributed by atoms with Crippen LogP contribution in [0.4, 0.5) is 4.39 Å². The van der Waals surface area contributed by atoms with Crippen molar-refractivity contribution in [3.63, 3.8) is 0 Å². The van der Waals surface area contributed by atoms with Gasteiger partial charge in [-0.25, -0.2) is 4.39 Å². The third kappa shape index (κ3) is 6.51. The molecule has 114 valence electrons. The van der Waals surface area contributed by atoms with Crippen LogP contribution in [0.3, 0.4) is 0 Å². The smallest absolute Gasteiger partial charge is 0.126 e. The number of nitrogens with one attached hydrogen (secondary N) is 1. The molecule has 0 bridgehead atoms. The molecule has 1 aromatic carbocycles. The molecular formula is C18H30FN. The highest BCUT2D eigenvalue weighted by Gasteiger charge is 2.17. The molecule has 0 aliphatic rings. The molecule has 1 nitrogen and oxygen atoms in total. The number of halogens is 1. The molecule has 0 saturated heterocycles. The molecule has 0 atom stereocenters. The van der Waals surface area contributed by atoms with Gasteiger partial charge in [0.15, 0.2) is 0 Å². The lowest BCUT2D eigenvalue weighted by Gasteiger charge is -2.25. The molecule has 2 heteroatoms. The molecule has 0 aliphatic carbocycles. The molecular weight excluding hydrogens is 249 g/mol. The van der Waals surface area contributed by atoms with E-state index < -0.39 is 0 Å². The van der Waals surface area contributed by atoms with E-state index in [-0.39, 0.29) is 5.82 Å². The molecule has 0 radical (unpaired) electrons. The predicted molar refractivity (Wildman–Crippen MR) is 85.6 cm³/mol. The molecule has 0 unspecified atom stereocenters. The van der Waals surface area contributed by atoms with Gasteiger partial charge in [-0.3, -0.25) is 0 Å². The van der Waals surface area contributed by atoms with Crippen molar-refractivity contribution in [3.8, 4) is 0 Å². The van der Waals surface area contributed by atoms with Crippen molar-refractivity contribution >= 4 is 0 Å². The maximum absolute atomic E-state index is 13.2. The van der Waals surface area contributed by atoms with Crippen LogP contribution in [0.5, 0.6) is 0 Å². The molecule has 0 spiro atoms. The Morgan fingerprint density at radius 3 is 2.50 bits per heavy atom. The third-order valence-corrected chi connectivity index (χ3v) is 3.84. The van der Waals surface area contributed by atoms with Gasteiger partial charge in [0.1, 0.15) is 5.82 Å². The Kier molecular flexibility index (Phi) is 6.67. The maximum atomic E-state index is 13.2. The van der Waals surface area contributed by atoms with E-state index in [0.717, 1.165) is 31.5 Å². The van der Waals surface area contributed by atoms with Gasteiger partial charge in [0.25, 0.3) is 0 Å². The van der Waals surface area contributed by atoms with E-state index in [9.17, 15) is 4.39 Å². The lowest BCUT2D eigenvalue weighted by atomic mass is 9.83. The van der Waals surface area contributed by atoms with Crippen LogP contribution in [0, 0.1) is 24.1 Å². The lowest BCUT2D eigenvalue weighted by molar-refractivity contribution is 0.300. The van der Waals surface area contributed by atoms with Gasteiger partial charge in [0.2, 0.25) is 0 Å². The quantitative estimate of drug-likeness (QED) is 0.678. The van der Waals surface area contributed by atoms with Gasteiger partial charge in [-0.05, 0) is 67.8 Å². The first kappa shape index (κ1) is 17.2. The highest BCUT2D eigenvalue weighted by atomic mass is 19.1. The van der Waals surface area contributed by atoms with Gasteiger partial charge in [-0.15, -0.1) is 0 Å². The van der Waals surface area contributed by atoms with Gasteiger partial charge in [0.05, 0.1) is 0 Å². The van der Waals surface area contributed by atoms with Crippen LogP contribution >= 0.6 is 0 Å². The molecule has 0 amide bonds. The van der Waals surface area contributed by atoms with Crippen LogP contribution in [-0.4, -0.2) is 13.1 Å². The summed E-state index contributed by atoms with van der Waals surface area (Å²) < 4.78 is 13.2. The van der Waals surface area contributed by atoms with Gasteiger partial charge in [-0.2, -0.15) is 0 Å². The fourth-order valence-corrected chi connectivity index (χ4v) is 2.29. The van der Waals surface area contributed by atoms with Gasteiger partial charge >= 0.3 is 0 Å². The van der Waals surface area contributed by atoms with E-state index in [1.54, 1.807) is 6.07 Å². The van der Waals surface area contributed by atoms with E-state index >= 15 is 0 Å². The van der Waals surface area contributed by atoms with E-state index in [1.807, 2.05) is 19.1 Å². The number of hydrogen-bond donors (Lipinski definition) is 1. The number of benzene rings is 1. The largest absolute Gasteiger partial charge is 0.316 e. The average molecular weight is 279 g/mol. The standard InChI is InChI=1S/C18H30FN/c1-14(2)13-20-11-10-18(4,5)9-8-16-6-7-17(19)15(3)12-16/h6-7,12,14,20H,8-11,13H2,1-5H3. The van der Waals surface area contributed by atoms with Gasteiger partial charge in [0, 0.05) is 0 Å². The normalized spacial score (nSPS) is 12.2. The van der Waals surface area contributed by atoms with Crippen LogP contribution in [-0.2, 0) is 6.42 Å². The van der Waals surface area contributed by atoms with Crippen molar-refractivity contribution in [3.05, 3.63) is 35.1 Å². The molecule has 0 saturated carbocycles. The van der Waals surface area contributed by atoms with Crippen LogP contribution in [0.25, 0.3) is 0 Å². The minimum atomic E-state index is -0.106. The van der Waals surface area contributed by atoms with Crippen molar-refractivity contribution in [1.29, 1.82) is 0 Å². The SMILES string of the molecule is Cc1cc(CCC(C)(C)CCNCC(C)C)ccc1F. The summed E-state index contributed by atoms with van der Waals surface area (Å²) in [5.74, 6) is 0.603. The fourth-order valence-electron chi connectivity index (χ4n) is 2.29. The molecule has 0 aromatic heterocycles. The predicted octanol–water partition coefficient (Wildman–Crippen LogP) is 4.73. The molecule has 0 aliphatic heterocycles. The van der Waals surface area contributed by atoms with Crippen molar-refractivity contribution in [2.75, 3.05) is 13.1 Å². The van der Waals surface area contributed by atoms with Crippen molar-refractivity contribution in [1.82, 2.24) is 5.32 Å². The minimum Gasteiger partial charge on any atom is -0.316 e. The van der Waals surface area contributed by atoms with Crippen LogP contribution < -0.4 is 5.32 Å². The van der Waals surface area contributed by atoms with Crippen molar-refractivity contribution < 1.29 is 4.39 Å². The highest BCUT2D eigenvalue weighted by molar-refractivity contribution is 5.24. The average Bonchev–Trinajstić information content (AvgIpc) is 2.36. The van der Waals surface area contributed by atoms with Crippen LogP contribution in [0.15, 0.2) is 18.2 Å². The highest BCUT2D eigenvalue weighted by Crippen LogP contribution is 2.27. The Morgan fingerprint density at radius 1 is 1.20 bits per heavy atom. The summed E-state index contributed by atoms with van der Waals surface area (Å²) in [6.45, 7) is 13.1. The molecule has 1 aromatic rings. The molecule has 0 heterocycles. The minimum absolute atomic E-state index is 0.106. The Balaban J connectivity index is 2.36. The summed E-state index contributed by atoms with van der Waals surface area (Å²) in [4.78, 5) is 0. The molecule has 1 N–H and O–H groups in total. The number of hydrogen-bond acceptors (Lipinski definition) is 1. The maximum Gasteiger partial charge on any atom is 0.126 e. The topological polar surface area (TPSA) is 12.0 Å². The Morgan fingerprint density at radius 2 is 1.90 bits per heavy atom. The van der Waals surface area contributed by atoms with Crippen molar-refractivity contribution in [2.45, 2.75) is 53.9 Å². The summed E-state index contributed by atoms with van der Waals surface area (Å²) in [6, 6.07) is 5.47. The first-order chi connectivity index (χ1) is 9.30. The van der Waals surface area contributed by atoms with E-state index in [1.165, 1.54) is 12.0 Å². The summed E-state index contributed by atoms with van der Waals surface area (Å²) in [6.07, 6.45) is 3.35. The molecule has 20 heavy (non-hydrogen) atoms. The second kappa shape index (κ2) is 7.78. The first-order valence-electron chi connectivity index (χ1n) is 7.76. The zero-order chi connectivity index (χ0) is 15.2. The summed E-state index contributed by atoms with van der Waals surface area (Å²) >= 11 is 0. The zero-order valence-electron chi connectivity index (χ0n) is 13.7. The monoisotopic (exact) mass is 279 g/mol. The summed E-state index contributed by atoms with van der Waals surface area (Å²) in [5, 5.41) is 3.51. The first-order valence-corrected chi connectivity index (χ1v) is 7.76. The number of rotatable bonds is 8. The molecule has 1 rings (SSSR count). The van der Waals surface area contributed by atoms with E-state index in [2.05, 4.69) is 33.0 Å². The lowest BCUT2D eigenvalue weighted by Crippen LogP contribution is -2.25. The van der Waals surface area contributed by atoms with Gasteiger partial charge < -0.3 is 5.32 Å². The van der Waals surface area contributed by atoms with E-state index in [4.69, 9.17) is 0 Å². The summed E-state index contributed by atoms with van der Waals surface area (Å²) in [5.41, 5.74) is 2.32. The third-order valence-electron chi connectivity index (χ3n) is 3.84. The zero-order valence-corrected chi connectivity index (χ0v) is 13.7. The Hall–Kier alpha value is -0.890. The Labute approximate surface area is 124 Å². The molecule has 0 fully saturated rings. The number of aryl methyl sites for hydroxylation is 2. The summed E-state index contributed by atoms with van der Waals surface area (Å²) in [7, 11) is 0. The second-order valence-corrected chi connectivity index (χ2v) is 7.10. The van der Waals surface area contributed by atoms with Gasteiger partial charge in [-0.1, -0.05) is 39.8 Å². The Bertz CT molecular complexity index is 410. The van der Waals surface area contributed by atoms with Crippen LogP contribution in [0.2, 0.25) is 0 Å². The van der Waals surface area contributed by atoms with Crippen molar-refractivity contribution in [2.24, 2.45) is 11.3 Å².